The average molecular weight is 316 g/mol. The molecule has 2 heterocycles. The molecular weight excluding hydrogens is 292 g/mol. The Morgan fingerprint density at radius 3 is 2.87 bits per heavy atom. The Kier molecular flexibility index (Phi) is 5.22. The van der Waals surface area contributed by atoms with Crippen LogP contribution < -0.4 is 5.32 Å². The van der Waals surface area contributed by atoms with Crippen molar-refractivity contribution in [3.8, 4) is 6.07 Å². The van der Waals surface area contributed by atoms with Crippen LogP contribution in [0.2, 0.25) is 0 Å². The molecule has 1 fully saturated rings. The summed E-state index contributed by atoms with van der Waals surface area (Å²) in [6, 6.07) is 6.11. The predicted molar refractivity (Wildman–Crippen MR) is 86.5 cm³/mol. The second-order valence-electron chi connectivity index (χ2n) is 6.88. The molecule has 0 radical (unpaired) electrons. The summed E-state index contributed by atoms with van der Waals surface area (Å²) in [4.78, 5) is 18.1. The Hall–Kier alpha value is -2.13. The zero-order valence-corrected chi connectivity index (χ0v) is 14.2. The van der Waals surface area contributed by atoms with Crippen LogP contribution in [0.25, 0.3) is 0 Å². The Morgan fingerprint density at radius 2 is 2.26 bits per heavy atom. The molecule has 0 unspecified atom stereocenters. The number of carbonyl (C=O) groups is 1. The van der Waals surface area contributed by atoms with Crippen LogP contribution >= 0.6 is 0 Å². The predicted octanol–water partition coefficient (Wildman–Crippen LogP) is 2.24. The van der Waals surface area contributed by atoms with Crippen molar-refractivity contribution in [3.63, 3.8) is 0 Å². The van der Waals surface area contributed by atoms with Crippen LogP contribution in [0.3, 0.4) is 0 Å². The summed E-state index contributed by atoms with van der Waals surface area (Å²) in [5.41, 5.74) is 1.53. The maximum atomic E-state index is 12.2. The number of amides is 1. The van der Waals surface area contributed by atoms with Gasteiger partial charge in [0.05, 0.1) is 17.7 Å². The van der Waals surface area contributed by atoms with Gasteiger partial charge in [-0.2, -0.15) is 5.26 Å². The minimum atomic E-state index is -0.532. The highest BCUT2D eigenvalue weighted by Crippen LogP contribution is 2.20. The highest BCUT2D eigenvalue weighted by Gasteiger charge is 2.37. The van der Waals surface area contributed by atoms with Gasteiger partial charge in [-0.05, 0) is 39.3 Å². The number of carbonyl (C=O) groups excluding carboxylic acids is 1. The van der Waals surface area contributed by atoms with Crippen molar-refractivity contribution in [2.24, 2.45) is 5.92 Å². The van der Waals surface area contributed by atoms with Gasteiger partial charge in [0.1, 0.15) is 5.60 Å². The number of likely N-dealkylation sites (tertiary alicyclic amines) is 1. The molecule has 0 aromatic carbocycles. The molecule has 1 saturated heterocycles. The molecule has 6 nitrogen and oxygen atoms in total. The number of hydrogen-bond donors (Lipinski definition) is 1. The minimum absolute atomic E-state index is 0.0751. The van der Waals surface area contributed by atoms with E-state index in [9.17, 15) is 10.1 Å². The van der Waals surface area contributed by atoms with E-state index >= 15 is 0 Å². The van der Waals surface area contributed by atoms with E-state index in [1.165, 1.54) is 0 Å². The van der Waals surface area contributed by atoms with E-state index in [0.717, 1.165) is 11.3 Å². The van der Waals surface area contributed by atoms with Gasteiger partial charge < -0.3 is 15.0 Å². The Bertz CT molecular complexity index is 603. The number of nitrogens with one attached hydrogen (secondary N) is 1. The summed E-state index contributed by atoms with van der Waals surface area (Å²) < 4.78 is 5.38. The minimum Gasteiger partial charge on any atom is -0.444 e. The molecule has 0 bridgehead atoms. The molecule has 0 spiro atoms. The summed E-state index contributed by atoms with van der Waals surface area (Å²) in [6.45, 7) is 8.96. The molecule has 0 saturated carbocycles. The second kappa shape index (κ2) is 6.97. The smallest absolute Gasteiger partial charge is 0.410 e. The van der Waals surface area contributed by atoms with Crippen molar-refractivity contribution in [1.82, 2.24) is 15.2 Å². The standard InChI is InChI=1S/C17H24N4O2/c1-12-6-5-7-19-14(12)9-20-15-11-21(10-13(15)8-18)16(22)23-17(2,3)4/h5-7,13,15,20H,9-11H2,1-4H3/t13-,15-/m1/s1. The zero-order valence-electron chi connectivity index (χ0n) is 14.2. The summed E-state index contributed by atoms with van der Waals surface area (Å²) in [7, 11) is 0. The highest BCUT2D eigenvalue weighted by molar-refractivity contribution is 5.68. The molecule has 1 aliphatic heterocycles. The first-order chi connectivity index (χ1) is 10.8. The van der Waals surface area contributed by atoms with Gasteiger partial charge in [0, 0.05) is 31.9 Å². The second-order valence-corrected chi connectivity index (χ2v) is 6.88. The van der Waals surface area contributed by atoms with Crippen molar-refractivity contribution in [1.29, 1.82) is 5.26 Å². The average Bonchev–Trinajstić information content (AvgIpc) is 2.88. The van der Waals surface area contributed by atoms with Crippen LogP contribution in [0, 0.1) is 24.2 Å². The van der Waals surface area contributed by atoms with Gasteiger partial charge in [-0.25, -0.2) is 4.79 Å². The fraction of sp³-hybridized carbons (Fsp3) is 0.588. The normalized spacial score (nSPS) is 21.1. The van der Waals surface area contributed by atoms with Crippen LogP contribution in [0.5, 0.6) is 0 Å². The Labute approximate surface area is 137 Å². The number of nitrogens with zero attached hydrogens (tertiary/aromatic N) is 3. The maximum Gasteiger partial charge on any atom is 0.410 e. The van der Waals surface area contributed by atoms with E-state index in [1.807, 2.05) is 39.8 Å². The van der Waals surface area contributed by atoms with Crippen LogP contribution in [-0.2, 0) is 11.3 Å². The topological polar surface area (TPSA) is 78.2 Å². The third-order valence-corrected chi connectivity index (χ3v) is 3.79. The molecule has 124 valence electrons. The molecule has 1 aromatic rings. The Morgan fingerprint density at radius 1 is 1.52 bits per heavy atom. The molecule has 1 aliphatic rings. The van der Waals surface area contributed by atoms with E-state index in [4.69, 9.17) is 4.74 Å². The molecule has 1 aromatic heterocycles. The fourth-order valence-electron chi connectivity index (χ4n) is 2.55. The van der Waals surface area contributed by atoms with Gasteiger partial charge in [0.2, 0.25) is 0 Å². The lowest BCUT2D eigenvalue weighted by molar-refractivity contribution is 0.0288. The third-order valence-electron chi connectivity index (χ3n) is 3.79. The molecule has 23 heavy (non-hydrogen) atoms. The molecule has 1 N–H and O–H groups in total. The van der Waals surface area contributed by atoms with Crippen molar-refractivity contribution in [2.75, 3.05) is 13.1 Å². The molecule has 2 rings (SSSR count). The lowest BCUT2D eigenvalue weighted by atomic mass is 10.1. The van der Waals surface area contributed by atoms with Gasteiger partial charge in [-0.1, -0.05) is 6.07 Å². The van der Waals surface area contributed by atoms with Crippen LogP contribution in [0.4, 0.5) is 4.79 Å². The lowest BCUT2D eigenvalue weighted by Crippen LogP contribution is -2.38. The number of aryl methyl sites for hydroxylation is 1. The van der Waals surface area contributed by atoms with Gasteiger partial charge in [0.15, 0.2) is 0 Å². The fourth-order valence-corrected chi connectivity index (χ4v) is 2.55. The molecular formula is C17H24N4O2. The number of aromatic nitrogens is 1. The largest absolute Gasteiger partial charge is 0.444 e. The quantitative estimate of drug-likeness (QED) is 0.925. The summed E-state index contributed by atoms with van der Waals surface area (Å²) >= 11 is 0. The first kappa shape index (κ1) is 17.2. The van der Waals surface area contributed by atoms with E-state index in [-0.39, 0.29) is 18.1 Å². The van der Waals surface area contributed by atoms with Gasteiger partial charge in [-0.15, -0.1) is 0 Å². The number of hydrogen-bond acceptors (Lipinski definition) is 5. The van der Waals surface area contributed by atoms with Crippen molar-refractivity contribution >= 4 is 6.09 Å². The number of nitriles is 1. The molecule has 6 heteroatoms. The Balaban J connectivity index is 1.96. The van der Waals surface area contributed by atoms with Crippen molar-refractivity contribution in [3.05, 3.63) is 29.6 Å². The maximum absolute atomic E-state index is 12.2. The van der Waals surface area contributed by atoms with Crippen molar-refractivity contribution in [2.45, 2.75) is 45.9 Å². The van der Waals surface area contributed by atoms with Crippen LogP contribution in [-0.4, -0.2) is 40.7 Å². The number of ether oxygens (including phenoxy) is 1. The van der Waals surface area contributed by atoms with Gasteiger partial charge >= 0.3 is 6.09 Å². The zero-order chi connectivity index (χ0) is 17.0. The SMILES string of the molecule is Cc1cccnc1CN[C@@H]1CN(C(=O)OC(C)(C)C)C[C@H]1C#N. The van der Waals surface area contributed by atoms with Crippen LogP contribution in [0.1, 0.15) is 32.0 Å². The first-order valence-electron chi connectivity index (χ1n) is 7.81. The molecule has 2 atom stereocenters. The summed E-state index contributed by atoms with van der Waals surface area (Å²) in [6.07, 6.45) is 1.39. The van der Waals surface area contributed by atoms with E-state index in [1.54, 1.807) is 11.1 Å². The first-order valence-corrected chi connectivity index (χ1v) is 7.81. The molecule has 0 aliphatic carbocycles. The highest BCUT2D eigenvalue weighted by atomic mass is 16.6. The van der Waals surface area contributed by atoms with E-state index < -0.39 is 5.60 Å². The van der Waals surface area contributed by atoms with Crippen molar-refractivity contribution < 1.29 is 9.53 Å². The number of rotatable bonds is 3. The van der Waals surface area contributed by atoms with E-state index in [0.29, 0.717) is 19.6 Å². The van der Waals surface area contributed by atoms with Crippen LogP contribution in [0.15, 0.2) is 18.3 Å². The van der Waals surface area contributed by atoms with Gasteiger partial charge in [-0.3, -0.25) is 4.98 Å². The third kappa shape index (κ3) is 4.67. The monoisotopic (exact) mass is 316 g/mol. The lowest BCUT2D eigenvalue weighted by Gasteiger charge is -2.24. The van der Waals surface area contributed by atoms with Gasteiger partial charge in [0.25, 0.3) is 0 Å². The summed E-state index contributed by atoms with van der Waals surface area (Å²) in [5, 5.41) is 12.7. The van der Waals surface area contributed by atoms with E-state index in [2.05, 4.69) is 16.4 Å². The molecule has 1 amide bonds. The summed E-state index contributed by atoms with van der Waals surface area (Å²) in [5.74, 6) is -0.244. The number of pyridine rings is 1.